The highest BCUT2D eigenvalue weighted by atomic mass is 16.5. The van der Waals surface area contributed by atoms with Gasteiger partial charge in [-0.1, -0.05) is 12.1 Å². The van der Waals surface area contributed by atoms with Crippen molar-refractivity contribution in [2.24, 2.45) is 0 Å². The van der Waals surface area contributed by atoms with Gasteiger partial charge in [-0.3, -0.25) is 14.6 Å². The van der Waals surface area contributed by atoms with Crippen LogP contribution in [0.3, 0.4) is 0 Å². The Bertz CT molecular complexity index is 917. The fourth-order valence-electron chi connectivity index (χ4n) is 3.62. The molecule has 7 nitrogen and oxygen atoms in total. The van der Waals surface area contributed by atoms with Crippen LogP contribution in [0.4, 0.5) is 5.69 Å². The second kappa shape index (κ2) is 10.1. The summed E-state index contributed by atoms with van der Waals surface area (Å²) in [6.45, 7) is 6.16. The van der Waals surface area contributed by atoms with Crippen LogP contribution in [0.25, 0.3) is 0 Å². The third-order valence-electron chi connectivity index (χ3n) is 5.45. The van der Waals surface area contributed by atoms with Crippen LogP contribution in [0.15, 0.2) is 42.5 Å². The van der Waals surface area contributed by atoms with Gasteiger partial charge in [-0.05, 0) is 42.8 Å². The molecule has 7 heteroatoms. The number of benzene rings is 2. The Balaban J connectivity index is 1.52. The van der Waals surface area contributed by atoms with Gasteiger partial charge < -0.3 is 14.8 Å². The quantitative estimate of drug-likeness (QED) is 0.759. The first-order valence-electron chi connectivity index (χ1n) is 10.0. The standard InChI is InChI=1S/C23H28N4O3/c1-17(23(28)25-20-6-4-5-18(13-20)15-24)27-11-9-26(10-12-27)16-19-7-8-21(29-2)22(14-19)30-3/h4-8,13-14,17H,9-12,16H2,1-3H3,(H,25,28)/t17-/m1/s1. The van der Waals surface area contributed by atoms with Crippen molar-refractivity contribution < 1.29 is 14.3 Å². The predicted octanol–water partition coefficient (Wildman–Crippen LogP) is 2.72. The number of ether oxygens (including phenoxy) is 2. The molecule has 0 aromatic heterocycles. The van der Waals surface area contributed by atoms with E-state index in [0.717, 1.165) is 44.2 Å². The molecule has 1 aliphatic heterocycles. The summed E-state index contributed by atoms with van der Waals surface area (Å²) in [6, 6.07) is 14.8. The molecule has 0 radical (unpaired) electrons. The third-order valence-corrected chi connectivity index (χ3v) is 5.45. The van der Waals surface area contributed by atoms with E-state index in [9.17, 15) is 4.79 Å². The zero-order chi connectivity index (χ0) is 21.5. The van der Waals surface area contributed by atoms with Gasteiger partial charge in [0.2, 0.25) is 5.91 Å². The van der Waals surface area contributed by atoms with Gasteiger partial charge in [-0.15, -0.1) is 0 Å². The largest absolute Gasteiger partial charge is 0.493 e. The number of carbonyl (C=O) groups is 1. The highest BCUT2D eigenvalue weighted by Crippen LogP contribution is 2.28. The van der Waals surface area contributed by atoms with Crippen molar-refractivity contribution in [2.75, 3.05) is 45.7 Å². The van der Waals surface area contributed by atoms with Crippen LogP contribution in [0.5, 0.6) is 11.5 Å². The lowest BCUT2D eigenvalue weighted by molar-refractivity contribution is -0.121. The second-order valence-electron chi connectivity index (χ2n) is 7.36. The molecular weight excluding hydrogens is 380 g/mol. The molecule has 1 heterocycles. The zero-order valence-electron chi connectivity index (χ0n) is 17.7. The van der Waals surface area contributed by atoms with Crippen molar-refractivity contribution in [3.63, 3.8) is 0 Å². The first-order chi connectivity index (χ1) is 14.5. The van der Waals surface area contributed by atoms with Gasteiger partial charge in [0.25, 0.3) is 0 Å². The summed E-state index contributed by atoms with van der Waals surface area (Å²) in [5, 5.41) is 11.9. The van der Waals surface area contributed by atoms with E-state index in [-0.39, 0.29) is 11.9 Å². The fraction of sp³-hybridized carbons (Fsp3) is 0.391. The lowest BCUT2D eigenvalue weighted by atomic mass is 10.1. The first-order valence-corrected chi connectivity index (χ1v) is 10.0. The number of anilines is 1. The van der Waals surface area contributed by atoms with Crippen LogP contribution in [0, 0.1) is 11.3 Å². The van der Waals surface area contributed by atoms with E-state index in [1.807, 2.05) is 19.1 Å². The van der Waals surface area contributed by atoms with Crippen LogP contribution < -0.4 is 14.8 Å². The molecule has 0 bridgehead atoms. The second-order valence-corrected chi connectivity index (χ2v) is 7.36. The van der Waals surface area contributed by atoms with E-state index in [2.05, 4.69) is 27.3 Å². The number of nitrogens with zero attached hydrogens (tertiary/aromatic N) is 3. The Morgan fingerprint density at radius 3 is 2.50 bits per heavy atom. The molecule has 1 fully saturated rings. The topological polar surface area (TPSA) is 77.8 Å². The Morgan fingerprint density at radius 2 is 1.83 bits per heavy atom. The Labute approximate surface area is 177 Å². The first kappa shape index (κ1) is 21.6. The highest BCUT2D eigenvalue weighted by molar-refractivity contribution is 5.94. The van der Waals surface area contributed by atoms with Crippen molar-refractivity contribution in [3.05, 3.63) is 53.6 Å². The summed E-state index contributed by atoms with van der Waals surface area (Å²) in [5.74, 6) is 1.41. The molecule has 1 aliphatic rings. The van der Waals surface area contributed by atoms with E-state index in [0.29, 0.717) is 11.3 Å². The highest BCUT2D eigenvalue weighted by Gasteiger charge is 2.25. The van der Waals surface area contributed by atoms with Gasteiger partial charge in [0.15, 0.2) is 11.5 Å². The summed E-state index contributed by atoms with van der Waals surface area (Å²) < 4.78 is 10.7. The van der Waals surface area contributed by atoms with Crippen molar-refractivity contribution in [1.82, 2.24) is 9.80 Å². The van der Waals surface area contributed by atoms with Crippen molar-refractivity contribution in [2.45, 2.75) is 19.5 Å². The van der Waals surface area contributed by atoms with E-state index < -0.39 is 0 Å². The minimum absolute atomic E-state index is 0.0570. The minimum atomic E-state index is -0.237. The van der Waals surface area contributed by atoms with Crippen LogP contribution >= 0.6 is 0 Å². The maximum atomic E-state index is 12.6. The molecular formula is C23H28N4O3. The molecule has 1 amide bonds. The number of amides is 1. The van der Waals surface area contributed by atoms with Crippen LogP contribution in [-0.4, -0.2) is 62.1 Å². The lowest BCUT2D eigenvalue weighted by Crippen LogP contribution is -2.52. The number of nitriles is 1. The van der Waals surface area contributed by atoms with E-state index in [1.54, 1.807) is 38.5 Å². The number of carbonyl (C=O) groups excluding carboxylic acids is 1. The van der Waals surface area contributed by atoms with E-state index in [1.165, 1.54) is 5.56 Å². The summed E-state index contributed by atoms with van der Waals surface area (Å²) in [4.78, 5) is 17.2. The molecule has 1 atom stereocenters. The summed E-state index contributed by atoms with van der Waals surface area (Å²) in [5.41, 5.74) is 2.35. The number of methoxy groups -OCH3 is 2. The molecule has 0 aliphatic carbocycles. The molecule has 2 aromatic carbocycles. The van der Waals surface area contributed by atoms with Crippen molar-refractivity contribution in [3.8, 4) is 17.6 Å². The van der Waals surface area contributed by atoms with Crippen LogP contribution in [0.1, 0.15) is 18.1 Å². The normalized spacial score (nSPS) is 15.8. The molecule has 30 heavy (non-hydrogen) atoms. The van der Waals surface area contributed by atoms with Gasteiger partial charge in [-0.25, -0.2) is 0 Å². The number of piperazine rings is 1. The summed E-state index contributed by atoms with van der Waals surface area (Å²) in [6.07, 6.45) is 0. The molecule has 0 saturated carbocycles. The molecule has 0 spiro atoms. The molecule has 2 aromatic rings. The summed E-state index contributed by atoms with van der Waals surface area (Å²) in [7, 11) is 3.28. The number of nitrogens with one attached hydrogen (secondary N) is 1. The zero-order valence-corrected chi connectivity index (χ0v) is 17.7. The molecule has 0 unspecified atom stereocenters. The van der Waals surface area contributed by atoms with Gasteiger partial charge in [0.1, 0.15) is 0 Å². The van der Waals surface area contributed by atoms with E-state index >= 15 is 0 Å². The van der Waals surface area contributed by atoms with Gasteiger partial charge in [0, 0.05) is 38.4 Å². The molecule has 1 N–H and O–H groups in total. The SMILES string of the molecule is COc1ccc(CN2CCN([C@H](C)C(=O)Nc3cccc(C#N)c3)CC2)cc1OC. The molecule has 1 saturated heterocycles. The molecule has 3 rings (SSSR count). The predicted molar refractivity (Wildman–Crippen MR) is 116 cm³/mol. The Hall–Kier alpha value is -3.08. The van der Waals surface area contributed by atoms with Gasteiger partial charge in [-0.2, -0.15) is 5.26 Å². The number of hydrogen-bond acceptors (Lipinski definition) is 6. The van der Waals surface area contributed by atoms with Gasteiger partial charge in [0.05, 0.1) is 31.9 Å². The lowest BCUT2D eigenvalue weighted by Gasteiger charge is -2.37. The third kappa shape index (κ3) is 5.29. The number of hydrogen-bond donors (Lipinski definition) is 1. The van der Waals surface area contributed by atoms with Gasteiger partial charge >= 0.3 is 0 Å². The van der Waals surface area contributed by atoms with Crippen molar-refractivity contribution in [1.29, 1.82) is 5.26 Å². The fourth-order valence-corrected chi connectivity index (χ4v) is 3.62. The van der Waals surface area contributed by atoms with E-state index in [4.69, 9.17) is 14.7 Å². The Kier molecular flexibility index (Phi) is 7.28. The van der Waals surface area contributed by atoms with Crippen LogP contribution in [-0.2, 0) is 11.3 Å². The number of rotatable bonds is 7. The molecule has 158 valence electrons. The van der Waals surface area contributed by atoms with Crippen molar-refractivity contribution >= 4 is 11.6 Å². The average molecular weight is 409 g/mol. The smallest absolute Gasteiger partial charge is 0.241 e. The average Bonchev–Trinajstić information content (AvgIpc) is 2.79. The minimum Gasteiger partial charge on any atom is -0.493 e. The maximum Gasteiger partial charge on any atom is 0.241 e. The summed E-state index contributed by atoms with van der Waals surface area (Å²) >= 11 is 0. The maximum absolute atomic E-state index is 12.6. The monoisotopic (exact) mass is 408 g/mol. The van der Waals surface area contributed by atoms with Crippen LogP contribution in [0.2, 0.25) is 0 Å². The Morgan fingerprint density at radius 1 is 1.10 bits per heavy atom.